The molecule has 2 aromatic rings. The van der Waals surface area contributed by atoms with E-state index in [-0.39, 0.29) is 0 Å². The summed E-state index contributed by atoms with van der Waals surface area (Å²) < 4.78 is 3.28. The molecular weight excluding hydrogens is 266 g/mol. The van der Waals surface area contributed by atoms with Crippen molar-refractivity contribution in [3.05, 3.63) is 23.2 Å². The van der Waals surface area contributed by atoms with Crippen molar-refractivity contribution in [3.8, 4) is 0 Å². The van der Waals surface area contributed by atoms with E-state index in [9.17, 15) is 0 Å². The van der Waals surface area contributed by atoms with Crippen LogP contribution >= 0.6 is 15.9 Å². The number of imidazole rings is 1. The van der Waals surface area contributed by atoms with Crippen LogP contribution in [-0.4, -0.2) is 14.5 Å². The highest BCUT2D eigenvalue weighted by Crippen LogP contribution is 2.33. The van der Waals surface area contributed by atoms with Crippen LogP contribution in [0, 0.1) is 0 Å². The average molecular weight is 280 g/mol. The number of rotatable bonds is 1. The van der Waals surface area contributed by atoms with Gasteiger partial charge in [0.15, 0.2) is 4.73 Å². The molecule has 16 heavy (non-hydrogen) atoms. The van der Waals surface area contributed by atoms with Crippen molar-refractivity contribution >= 4 is 27.0 Å². The lowest BCUT2D eigenvalue weighted by atomic mass is 9.95. The third-order valence-electron chi connectivity index (χ3n) is 3.39. The third-order valence-corrected chi connectivity index (χ3v) is 3.95. The molecule has 0 aromatic carbocycles. The molecule has 2 heterocycles. The Morgan fingerprint density at radius 1 is 1.25 bits per heavy atom. The zero-order valence-corrected chi connectivity index (χ0v) is 10.7. The molecule has 1 saturated carbocycles. The zero-order valence-electron chi connectivity index (χ0n) is 9.06. The molecule has 1 aliphatic carbocycles. The van der Waals surface area contributed by atoms with Gasteiger partial charge in [0.1, 0.15) is 5.52 Å². The molecule has 84 valence electrons. The molecule has 2 aromatic heterocycles. The van der Waals surface area contributed by atoms with Crippen LogP contribution in [0.1, 0.15) is 38.1 Å². The first-order valence-corrected chi connectivity index (χ1v) is 6.63. The minimum Gasteiger partial charge on any atom is -0.315 e. The second kappa shape index (κ2) is 4.17. The van der Waals surface area contributed by atoms with Crippen molar-refractivity contribution in [2.75, 3.05) is 0 Å². The maximum Gasteiger partial charge on any atom is 0.178 e. The summed E-state index contributed by atoms with van der Waals surface area (Å²) in [5, 5.41) is 0. The average Bonchev–Trinajstić information content (AvgIpc) is 2.66. The second-order valence-corrected chi connectivity index (χ2v) is 5.12. The molecule has 0 amide bonds. The minimum atomic E-state index is 0.607. The van der Waals surface area contributed by atoms with Gasteiger partial charge in [-0.2, -0.15) is 0 Å². The van der Waals surface area contributed by atoms with E-state index in [2.05, 4.69) is 36.5 Å². The highest BCUT2D eigenvalue weighted by molar-refractivity contribution is 9.10. The van der Waals surface area contributed by atoms with Gasteiger partial charge in [0.05, 0.1) is 11.7 Å². The Balaban J connectivity index is 2.10. The molecule has 0 bridgehead atoms. The van der Waals surface area contributed by atoms with Crippen LogP contribution in [0.25, 0.3) is 11.0 Å². The summed E-state index contributed by atoms with van der Waals surface area (Å²) in [7, 11) is 0. The SMILES string of the molecule is Brc1nc2cnccc2n1C1CCCCC1. The van der Waals surface area contributed by atoms with Crippen molar-refractivity contribution in [2.24, 2.45) is 0 Å². The first-order valence-electron chi connectivity index (χ1n) is 5.84. The lowest BCUT2D eigenvalue weighted by molar-refractivity contribution is 0.355. The van der Waals surface area contributed by atoms with E-state index < -0.39 is 0 Å². The molecule has 0 saturated heterocycles. The molecule has 1 fully saturated rings. The Kier molecular flexibility index (Phi) is 2.67. The van der Waals surface area contributed by atoms with E-state index in [1.807, 2.05) is 12.4 Å². The summed E-state index contributed by atoms with van der Waals surface area (Å²) in [5.74, 6) is 0. The fourth-order valence-corrected chi connectivity index (χ4v) is 3.28. The third kappa shape index (κ3) is 1.65. The predicted molar refractivity (Wildman–Crippen MR) is 67.4 cm³/mol. The van der Waals surface area contributed by atoms with Gasteiger partial charge in [-0.05, 0) is 34.8 Å². The molecular formula is C12H14BrN3. The smallest absolute Gasteiger partial charge is 0.178 e. The van der Waals surface area contributed by atoms with Crippen LogP contribution in [0.4, 0.5) is 0 Å². The van der Waals surface area contributed by atoms with E-state index in [4.69, 9.17) is 0 Å². The van der Waals surface area contributed by atoms with Gasteiger partial charge in [-0.3, -0.25) is 4.98 Å². The van der Waals surface area contributed by atoms with Gasteiger partial charge < -0.3 is 4.57 Å². The van der Waals surface area contributed by atoms with Gasteiger partial charge in [-0.15, -0.1) is 0 Å². The first kappa shape index (κ1) is 10.3. The molecule has 0 atom stereocenters. The number of pyridine rings is 1. The van der Waals surface area contributed by atoms with Crippen LogP contribution in [0.3, 0.4) is 0 Å². The Morgan fingerprint density at radius 2 is 2.06 bits per heavy atom. The van der Waals surface area contributed by atoms with Crippen LogP contribution in [0.5, 0.6) is 0 Å². The van der Waals surface area contributed by atoms with Gasteiger partial charge in [0.2, 0.25) is 0 Å². The fourth-order valence-electron chi connectivity index (χ4n) is 2.61. The maximum atomic E-state index is 4.51. The van der Waals surface area contributed by atoms with E-state index in [0.717, 1.165) is 10.3 Å². The number of nitrogens with zero attached hydrogens (tertiary/aromatic N) is 3. The van der Waals surface area contributed by atoms with Crippen LogP contribution in [0.15, 0.2) is 23.2 Å². The van der Waals surface area contributed by atoms with Gasteiger partial charge in [0.25, 0.3) is 0 Å². The van der Waals surface area contributed by atoms with Gasteiger partial charge in [-0.25, -0.2) is 4.98 Å². The zero-order chi connectivity index (χ0) is 11.0. The topological polar surface area (TPSA) is 30.7 Å². The predicted octanol–water partition coefficient (Wildman–Crippen LogP) is 3.70. The van der Waals surface area contributed by atoms with Gasteiger partial charge >= 0.3 is 0 Å². The molecule has 3 nitrogen and oxygen atoms in total. The second-order valence-electron chi connectivity index (χ2n) is 4.41. The van der Waals surface area contributed by atoms with Crippen LogP contribution in [0.2, 0.25) is 0 Å². The Labute approximate surface area is 103 Å². The van der Waals surface area contributed by atoms with Crippen molar-refractivity contribution in [1.29, 1.82) is 0 Å². The Morgan fingerprint density at radius 3 is 2.88 bits per heavy atom. The molecule has 0 aliphatic heterocycles. The van der Waals surface area contributed by atoms with Crippen LogP contribution in [-0.2, 0) is 0 Å². The van der Waals surface area contributed by atoms with Crippen molar-refractivity contribution < 1.29 is 0 Å². The Bertz CT molecular complexity index is 500. The largest absolute Gasteiger partial charge is 0.315 e. The lowest BCUT2D eigenvalue weighted by Gasteiger charge is -2.24. The quantitative estimate of drug-likeness (QED) is 0.797. The van der Waals surface area contributed by atoms with Crippen molar-refractivity contribution in [1.82, 2.24) is 14.5 Å². The molecule has 0 spiro atoms. The normalized spacial score (nSPS) is 18.1. The lowest BCUT2D eigenvalue weighted by Crippen LogP contribution is -2.12. The summed E-state index contributed by atoms with van der Waals surface area (Å²) in [5.41, 5.74) is 2.19. The van der Waals surface area contributed by atoms with E-state index in [1.165, 1.54) is 37.6 Å². The first-order chi connectivity index (χ1) is 7.86. The monoisotopic (exact) mass is 279 g/mol. The summed E-state index contributed by atoms with van der Waals surface area (Å²) in [4.78, 5) is 8.62. The summed E-state index contributed by atoms with van der Waals surface area (Å²) in [6, 6.07) is 2.66. The van der Waals surface area contributed by atoms with Crippen LogP contribution < -0.4 is 0 Å². The molecule has 4 heteroatoms. The summed E-state index contributed by atoms with van der Waals surface area (Å²) in [6.45, 7) is 0. The molecule has 3 rings (SSSR count). The van der Waals surface area contributed by atoms with E-state index in [0.29, 0.717) is 6.04 Å². The van der Waals surface area contributed by atoms with Gasteiger partial charge in [0, 0.05) is 12.2 Å². The number of halogens is 1. The molecule has 0 N–H and O–H groups in total. The Hall–Kier alpha value is -0.900. The fraction of sp³-hybridized carbons (Fsp3) is 0.500. The summed E-state index contributed by atoms with van der Waals surface area (Å²) in [6.07, 6.45) is 10.3. The van der Waals surface area contributed by atoms with Crippen molar-refractivity contribution in [2.45, 2.75) is 38.1 Å². The van der Waals surface area contributed by atoms with Crippen molar-refractivity contribution in [3.63, 3.8) is 0 Å². The molecule has 0 unspecified atom stereocenters. The standard InChI is InChI=1S/C12H14BrN3/c13-12-15-10-8-14-7-6-11(10)16(12)9-4-2-1-3-5-9/h6-9H,1-5H2. The van der Waals surface area contributed by atoms with E-state index >= 15 is 0 Å². The molecule has 1 aliphatic rings. The summed E-state index contributed by atoms with van der Waals surface area (Å²) >= 11 is 3.57. The number of fused-ring (bicyclic) bond motifs is 1. The number of hydrogen-bond donors (Lipinski definition) is 0. The van der Waals surface area contributed by atoms with Gasteiger partial charge in [-0.1, -0.05) is 19.3 Å². The highest BCUT2D eigenvalue weighted by atomic mass is 79.9. The van der Waals surface area contributed by atoms with E-state index in [1.54, 1.807) is 0 Å². The molecule has 0 radical (unpaired) electrons. The maximum absolute atomic E-state index is 4.51. The minimum absolute atomic E-state index is 0.607. The number of hydrogen-bond acceptors (Lipinski definition) is 2. The number of aromatic nitrogens is 3. The highest BCUT2D eigenvalue weighted by Gasteiger charge is 2.20.